The number of rotatable bonds is 3. The van der Waals surface area contributed by atoms with Crippen LogP contribution in [0.25, 0.3) is 0 Å². The Morgan fingerprint density at radius 3 is 2.00 bits per heavy atom. The third-order valence-corrected chi connectivity index (χ3v) is 4.71. The summed E-state index contributed by atoms with van der Waals surface area (Å²) in [4.78, 5) is 11.4. The van der Waals surface area contributed by atoms with Crippen LogP contribution in [-0.4, -0.2) is 19.0 Å². The first-order valence-electron chi connectivity index (χ1n) is 7.01. The average molecular weight is 260 g/mol. The molecule has 0 aliphatic heterocycles. The van der Waals surface area contributed by atoms with E-state index in [1.807, 2.05) is 0 Å². The lowest BCUT2D eigenvalue weighted by molar-refractivity contribution is -0.151. The molecule has 0 unspecified atom stereocenters. The molecule has 2 rings (SSSR count). The third kappa shape index (κ3) is 2.67. The maximum atomic E-state index is 14.3. The first kappa shape index (κ1) is 13.8. The van der Waals surface area contributed by atoms with Crippen molar-refractivity contribution in [2.75, 3.05) is 7.11 Å². The van der Waals surface area contributed by atoms with Crippen molar-refractivity contribution in [3.8, 4) is 0 Å². The van der Waals surface area contributed by atoms with Gasteiger partial charge >= 0.3 is 5.97 Å². The predicted molar refractivity (Wildman–Crippen MR) is 64.4 cm³/mol. The first-order valence-corrected chi connectivity index (χ1v) is 7.01. The molecule has 4 heteroatoms. The van der Waals surface area contributed by atoms with Crippen LogP contribution in [0.3, 0.4) is 0 Å². The van der Waals surface area contributed by atoms with Crippen LogP contribution >= 0.6 is 0 Å². The minimum Gasteiger partial charge on any atom is -0.469 e. The molecule has 0 N–H and O–H groups in total. The van der Waals surface area contributed by atoms with Crippen molar-refractivity contribution >= 4 is 5.97 Å². The van der Waals surface area contributed by atoms with Gasteiger partial charge in [0.2, 0.25) is 0 Å². The molecule has 2 aliphatic rings. The lowest BCUT2D eigenvalue weighted by Gasteiger charge is -2.35. The number of ether oxygens (including phenoxy) is 1. The second-order valence-electron chi connectivity index (χ2n) is 5.73. The molecule has 0 aromatic rings. The number of carbonyl (C=O) groups is 1. The van der Waals surface area contributed by atoms with Crippen LogP contribution in [0.2, 0.25) is 0 Å². The fourth-order valence-corrected chi connectivity index (χ4v) is 3.52. The van der Waals surface area contributed by atoms with Gasteiger partial charge in [-0.05, 0) is 38.5 Å². The quantitative estimate of drug-likeness (QED) is 0.722. The normalized spacial score (nSPS) is 30.4. The summed E-state index contributed by atoms with van der Waals surface area (Å²) >= 11 is 0. The second kappa shape index (κ2) is 5.54. The van der Waals surface area contributed by atoms with Crippen LogP contribution in [0.1, 0.15) is 51.4 Å². The molecule has 0 spiro atoms. The van der Waals surface area contributed by atoms with Gasteiger partial charge in [0, 0.05) is 11.8 Å². The van der Waals surface area contributed by atoms with Crippen molar-refractivity contribution in [2.45, 2.75) is 57.3 Å². The van der Waals surface area contributed by atoms with Gasteiger partial charge in [0.05, 0.1) is 13.0 Å². The highest BCUT2D eigenvalue weighted by Crippen LogP contribution is 2.47. The fourth-order valence-electron chi connectivity index (χ4n) is 3.52. The Hall–Kier alpha value is -0.670. The highest BCUT2D eigenvalue weighted by molar-refractivity contribution is 5.72. The molecular formula is C14H22F2O2. The molecule has 2 fully saturated rings. The molecule has 0 amide bonds. The second-order valence-corrected chi connectivity index (χ2v) is 5.73. The topological polar surface area (TPSA) is 26.3 Å². The number of alkyl halides is 2. The van der Waals surface area contributed by atoms with Crippen LogP contribution in [0.4, 0.5) is 8.78 Å². The molecule has 2 aliphatic carbocycles. The van der Waals surface area contributed by atoms with Crippen molar-refractivity contribution in [3.63, 3.8) is 0 Å². The molecular weight excluding hydrogens is 238 g/mol. The van der Waals surface area contributed by atoms with E-state index in [2.05, 4.69) is 4.74 Å². The zero-order chi connectivity index (χ0) is 13.2. The zero-order valence-corrected chi connectivity index (χ0v) is 11.0. The summed E-state index contributed by atoms with van der Waals surface area (Å²) in [5.41, 5.74) is 0. The summed E-state index contributed by atoms with van der Waals surface area (Å²) in [7, 11) is 1.36. The largest absolute Gasteiger partial charge is 0.469 e. The van der Waals surface area contributed by atoms with Gasteiger partial charge in [-0.25, -0.2) is 8.78 Å². The molecule has 0 heterocycles. The van der Waals surface area contributed by atoms with Gasteiger partial charge in [-0.2, -0.15) is 0 Å². The van der Waals surface area contributed by atoms with Crippen LogP contribution in [-0.2, 0) is 9.53 Å². The molecule has 0 radical (unpaired) electrons. The average Bonchev–Trinajstić information content (AvgIpc) is 2.92. The Balaban J connectivity index is 1.90. The minimum atomic E-state index is -2.53. The predicted octanol–water partition coefficient (Wildman–Crippen LogP) is 3.79. The first-order chi connectivity index (χ1) is 8.55. The monoisotopic (exact) mass is 260 g/mol. The van der Waals surface area contributed by atoms with E-state index in [1.54, 1.807) is 0 Å². The van der Waals surface area contributed by atoms with Gasteiger partial charge in [-0.15, -0.1) is 0 Å². The summed E-state index contributed by atoms with van der Waals surface area (Å²) in [5.74, 6) is -3.88. The van der Waals surface area contributed by atoms with Gasteiger partial charge in [0.1, 0.15) is 0 Å². The molecule has 0 aromatic heterocycles. The van der Waals surface area contributed by atoms with Gasteiger partial charge in [-0.1, -0.05) is 12.8 Å². The van der Waals surface area contributed by atoms with Crippen LogP contribution < -0.4 is 0 Å². The summed E-state index contributed by atoms with van der Waals surface area (Å²) in [6.45, 7) is 0. The van der Waals surface area contributed by atoms with Crippen LogP contribution in [0.5, 0.6) is 0 Å². The SMILES string of the molecule is COC(=O)[C@H]1CC[C@H](C(F)(F)C2CCCC2)CC1. The van der Waals surface area contributed by atoms with Gasteiger partial charge in [0.15, 0.2) is 0 Å². The van der Waals surface area contributed by atoms with Crippen molar-refractivity contribution in [1.29, 1.82) is 0 Å². The van der Waals surface area contributed by atoms with Crippen LogP contribution in [0, 0.1) is 17.8 Å². The van der Waals surface area contributed by atoms with E-state index in [4.69, 9.17) is 0 Å². The van der Waals surface area contributed by atoms with E-state index in [1.165, 1.54) is 7.11 Å². The van der Waals surface area contributed by atoms with Crippen molar-refractivity contribution in [3.05, 3.63) is 0 Å². The Kier molecular flexibility index (Phi) is 4.23. The molecule has 0 saturated heterocycles. The van der Waals surface area contributed by atoms with Crippen molar-refractivity contribution in [1.82, 2.24) is 0 Å². The third-order valence-electron chi connectivity index (χ3n) is 4.71. The minimum absolute atomic E-state index is 0.161. The molecule has 0 aromatic carbocycles. The van der Waals surface area contributed by atoms with E-state index < -0.39 is 17.8 Å². The van der Waals surface area contributed by atoms with Gasteiger partial charge < -0.3 is 4.74 Å². The van der Waals surface area contributed by atoms with E-state index >= 15 is 0 Å². The van der Waals surface area contributed by atoms with Gasteiger partial charge in [0.25, 0.3) is 5.92 Å². The number of esters is 1. The standard InChI is InChI=1S/C14H22F2O2/c1-18-13(17)10-6-8-12(9-7-10)14(15,16)11-4-2-3-5-11/h10-12H,2-9H2,1H3/t10-,12-. The number of halogens is 2. The van der Waals surface area contributed by atoms with Gasteiger partial charge in [-0.3, -0.25) is 4.79 Å². The Labute approximate surface area is 107 Å². The fraction of sp³-hybridized carbons (Fsp3) is 0.929. The Morgan fingerprint density at radius 2 is 1.50 bits per heavy atom. The number of methoxy groups -OCH3 is 1. The van der Waals surface area contributed by atoms with E-state index in [0.29, 0.717) is 38.5 Å². The molecule has 104 valence electrons. The number of carbonyl (C=O) groups excluding carboxylic acids is 1. The van der Waals surface area contributed by atoms with Crippen molar-refractivity contribution in [2.24, 2.45) is 17.8 Å². The summed E-state index contributed by atoms with van der Waals surface area (Å²) in [6.07, 6.45) is 5.26. The lowest BCUT2D eigenvalue weighted by Crippen LogP contribution is -2.38. The van der Waals surface area contributed by atoms with E-state index in [9.17, 15) is 13.6 Å². The maximum absolute atomic E-state index is 14.3. The smallest absolute Gasteiger partial charge is 0.308 e. The zero-order valence-electron chi connectivity index (χ0n) is 11.0. The summed E-state index contributed by atoms with van der Waals surface area (Å²) < 4.78 is 33.3. The summed E-state index contributed by atoms with van der Waals surface area (Å²) in [5, 5.41) is 0. The van der Waals surface area contributed by atoms with E-state index in [-0.39, 0.29) is 11.9 Å². The molecule has 2 nitrogen and oxygen atoms in total. The Morgan fingerprint density at radius 1 is 1.00 bits per heavy atom. The molecule has 0 atom stereocenters. The van der Waals surface area contributed by atoms with E-state index in [0.717, 1.165) is 12.8 Å². The highest BCUT2D eigenvalue weighted by atomic mass is 19.3. The molecule has 0 bridgehead atoms. The lowest BCUT2D eigenvalue weighted by atomic mass is 9.75. The van der Waals surface area contributed by atoms with Crippen LogP contribution in [0.15, 0.2) is 0 Å². The Bertz CT molecular complexity index is 290. The highest BCUT2D eigenvalue weighted by Gasteiger charge is 2.48. The number of hydrogen-bond donors (Lipinski definition) is 0. The summed E-state index contributed by atoms with van der Waals surface area (Å²) in [6, 6.07) is 0. The maximum Gasteiger partial charge on any atom is 0.308 e. The molecule has 18 heavy (non-hydrogen) atoms. The van der Waals surface area contributed by atoms with Crippen molar-refractivity contribution < 1.29 is 18.3 Å². The molecule has 2 saturated carbocycles. The number of hydrogen-bond acceptors (Lipinski definition) is 2.